The molecule has 1 heterocycles. The summed E-state index contributed by atoms with van der Waals surface area (Å²) in [6, 6.07) is 3.10. The first kappa shape index (κ1) is 11.3. The van der Waals surface area contributed by atoms with E-state index in [0.29, 0.717) is 5.52 Å². The molecule has 2 aromatic rings. The second-order valence-electron chi connectivity index (χ2n) is 3.09. The van der Waals surface area contributed by atoms with Gasteiger partial charge in [0, 0.05) is 17.1 Å². The molecule has 0 saturated carbocycles. The summed E-state index contributed by atoms with van der Waals surface area (Å²) in [5.74, 6) is -1.52. The fourth-order valence-electron chi connectivity index (χ4n) is 1.44. The van der Waals surface area contributed by atoms with Crippen molar-refractivity contribution in [1.82, 2.24) is 4.98 Å². The van der Waals surface area contributed by atoms with Gasteiger partial charge in [-0.2, -0.15) is 0 Å². The molecule has 0 atom stereocenters. The molecule has 1 aromatic carbocycles. The number of H-pyrrole nitrogens is 1. The van der Waals surface area contributed by atoms with Gasteiger partial charge < -0.3 is 4.98 Å². The topological polar surface area (TPSA) is 49.9 Å². The predicted octanol–water partition coefficient (Wildman–Crippen LogP) is 3.02. The van der Waals surface area contributed by atoms with Gasteiger partial charge in [-0.25, -0.2) is 4.39 Å². The van der Waals surface area contributed by atoms with E-state index in [1.165, 1.54) is 12.3 Å². The Hall–Kier alpha value is -1.20. The first-order chi connectivity index (χ1) is 7.52. The van der Waals surface area contributed by atoms with Crippen molar-refractivity contribution >= 4 is 49.5 Å². The molecular weight excluding hydrogens is 300 g/mol. The maximum Gasteiger partial charge on any atom is 0.293 e. The highest BCUT2D eigenvalue weighted by Crippen LogP contribution is 2.27. The van der Waals surface area contributed by atoms with Crippen molar-refractivity contribution in [2.75, 3.05) is 0 Å². The number of benzene rings is 1. The molecule has 0 aliphatic rings. The Labute approximate surface area is 103 Å². The summed E-state index contributed by atoms with van der Waals surface area (Å²) in [6.07, 6.45) is 1.27. The second kappa shape index (κ2) is 3.99. The summed E-state index contributed by atoms with van der Waals surface area (Å²) in [7, 11) is 0. The fourth-order valence-corrected chi connectivity index (χ4v) is 1.87. The third-order valence-electron chi connectivity index (χ3n) is 2.16. The maximum absolute atomic E-state index is 13.7. The van der Waals surface area contributed by atoms with E-state index < -0.39 is 16.8 Å². The van der Waals surface area contributed by atoms with Crippen molar-refractivity contribution in [2.45, 2.75) is 0 Å². The van der Waals surface area contributed by atoms with Crippen LogP contribution in [0.2, 0.25) is 0 Å². The van der Waals surface area contributed by atoms with Gasteiger partial charge in [-0.05, 0) is 39.7 Å². The highest BCUT2D eigenvalue weighted by molar-refractivity contribution is 9.10. The Morgan fingerprint density at radius 2 is 2.06 bits per heavy atom. The number of hydrogen-bond donors (Lipinski definition) is 1. The van der Waals surface area contributed by atoms with E-state index >= 15 is 0 Å². The van der Waals surface area contributed by atoms with Crippen LogP contribution in [-0.2, 0) is 4.79 Å². The van der Waals surface area contributed by atoms with E-state index in [-0.39, 0.29) is 15.4 Å². The summed E-state index contributed by atoms with van der Waals surface area (Å²) in [5.41, 5.74) is 0.371. The van der Waals surface area contributed by atoms with Gasteiger partial charge in [0.05, 0.1) is 10.0 Å². The highest BCUT2D eigenvalue weighted by atomic mass is 79.9. The fraction of sp³-hybridized carbons (Fsp3) is 0. The molecular formula is C10H4BrClFNO2. The number of Topliss-reactive ketones (excluding diaryl/α,β-unsaturated/α-hetero) is 1. The van der Waals surface area contributed by atoms with Crippen molar-refractivity contribution in [3.05, 3.63) is 34.2 Å². The zero-order valence-corrected chi connectivity index (χ0v) is 10.0. The Morgan fingerprint density at radius 1 is 1.38 bits per heavy atom. The average Bonchev–Trinajstić information content (AvgIpc) is 2.66. The molecule has 0 aliphatic carbocycles. The molecule has 0 unspecified atom stereocenters. The van der Waals surface area contributed by atoms with Crippen molar-refractivity contribution in [3.63, 3.8) is 0 Å². The van der Waals surface area contributed by atoms with Crippen LogP contribution in [0.15, 0.2) is 22.8 Å². The van der Waals surface area contributed by atoms with Crippen LogP contribution in [0.4, 0.5) is 4.39 Å². The minimum absolute atomic E-state index is 0.0613. The molecule has 0 saturated heterocycles. The number of carbonyl (C=O) groups excluding carboxylic acids is 2. The lowest BCUT2D eigenvalue weighted by molar-refractivity contribution is -0.108. The number of fused-ring (bicyclic) bond motifs is 1. The van der Waals surface area contributed by atoms with Gasteiger partial charge in [-0.1, -0.05) is 0 Å². The quantitative estimate of drug-likeness (QED) is 0.527. The zero-order chi connectivity index (χ0) is 11.9. The minimum atomic E-state index is -1.14. The first-order valence-electron chi connectivity index (χ1n) is 4.21. The molecule has 0 radical (unpaired) electrons. The number of carbonyl (C=O) groups is 2. The van der Waals surface area contributed by atoms with Crippen molar-refractivity contribution < 1.29 is 14.0 Å². The van der Waals surface area contributed by atoms with Gasteiger partial charge in [-0.3, -0.25) is 9.59 Å². The van der Waals surface area contributed by atoms with Crippen molar-refractivity contribution in [2.24, 2.45) is 0 Å². The van der Waals surface area contributed by atoms with E-state index in [0.717, 1.165) is 0 Å². The summed E-state index contributed by atoms with van der Waals surface area (Å²) in [6.45, 7) is 0. The normalized spacial score (nSPS) is 10.7. The lowest BCUT2D eigenvalue weighted by Crippen LogP contribution is -2.06. The van der Waals surface area contributed by atoms with Gasteiger partial charge in [-0.15, -0.1) is 0 Å². The lowest BCUT2D eigenvalue weighted by atomic mass is 10.1. The van der Waals surface area contributed by atoms with Crippen LogP contribution in [0.1, 0.15) is 10.4 Å². The number of aromatic nitrogens is 1. The van der Waals surface area contributed by atoms with E-state index in [2.05, 4.69) is 20.9 Å². The third kappa shape index (κ3) is 1.66. The smallest absolute Gasteiger partial charge is 0.293 e. The number of rotatable bonds is 2. The summed E-state index contributed by atoms with van der Waals surface area (Å²) >= 11 is 8.08. The molecule has 0 bridgehead atoms. The van der Waals surface area contributed by atoms with Crippen LogP contribution < -0.4 is 0 Å². The Morgan fingerprint density at radius 3 is 2.69 bits per heavy atom. The standard InChI is InChI=1S/C10H4BrClFNO2/c11-5-1-2-6-7(8(5)13)4(3-14-6)9(15)10(12)16/h1-3,14H. The summed E-state index contributed by atoms with van der Waals surface area (Å²) in [4.78, 5) is 24.8. The highest BCUT2D eigenvalue weighted by Gasteiger charge is 2.21. The van der Waals surface area contributed by atoms with Gasteiger partial charge in [0.1, 0.15) is 5.82 Å². The molecule has 1 aromatic heterocycles. The lowest BCUT2D eigenvalue weighted by Gasteiger charge is -1.98. The van der Waals surface area contributed by atoms with E-state index in [1.807, 2.05) is 0 Å². The van der Waals surface area contributed by atoms with Gasteiger partial charge in [0.25, 0.3) is 5.24 Å². The molecule has 82 valence electrons. The Bertz CT molecular complexity index is 608. The SMILES string of the molecule is O=C(Cl)C(=O)c1c[nH]c2ccc(Br)c(F)c12. The Kier molecular flexibility index (Phi) is 2.82. The molecule has 6 heteroatoms. The van der Waals surface area contributed by atoms with Crippen LogP contribution in [0.25, 0.3) is 10.9 Å². The van der Waals surface area contributed by atoms with Crippen LogP contribution in [-0.4, -0.2) is 16.0 Å². The van der Waals surface area contributed by atoms with Gasteiger partial charge in [0.15, 0.2) is 0 Å². The second-order valence-corrected chi connectivity index (χ2v) is 4.29. The maximum atomic E-state index is 13.7. The monoisotopic (exact) mass is 303 g/mol. The third-order valence-corrected chi connectivity index (χ3v) is 2.94. The van der Waals surface area contributed by atoms with Crippen molar-refractivity contribution in [3.8, 4) is 0 Å². The van der Waals surface area contributed by atoms with E-state index in [9.17, 15) is 14.0 Å². The van der Waals surface area contributed by atoms with Crippen LogP contribution >= 0.6 is 27.5 Å². The molecule has 0 fully saturated rings. The number of aromatic amines is 1. The minimum Gasteiger partial charge on any atom is -0.360 e. The van der Waals surface area contributed by atoms with E-state index in [1.54, 1.807) is 6.07 Å². The summed E-state index contributed by atoms with van der Waals surface area (Å²) < 4.78 is 14.0. The van der Waals surface area contributed by atoms with Crippen LogP contribution in [0, 0.1) is 5.82 Å². The number of halogens is 3. The zero-order valence-electron chi connectivity index (χ0n) is 7.68. The predicted molar refractivity (Wildman–Crippen MR) is 61.1 cm³/mol. The molecule has 0 spiro atoms. The molecule has 16 heavy (non-hydrogen) atoms. The molecule has 3 nitrogen and oxygen atoms in total. The largest absolute Gasteiger partial charge is 0.360 e. The van der Waals surface area contributed by atoms with Crippen molar-refractivity contribution in [1.29, 1.82) is 0 Å². The van der Waals surface area contributed by atoms with Gasteiger partial charge in [0.2, 0.25) is 5.78 Å². The first-order valence-corrected chi connectivity index (χ1v) is 5.38. The van der Waals surface area contributed by atoms with Crippen LogP contribution in [0.3, 0.4) is 0 Å². The molecule has 2 rings (SSSR count). The Balaban J connectivity index is 2.77. The van der Waals surface area contributed by atoms with Gasteiger partial charge >= 0.3 is 0 Å². The van der Waals surface area contributed by atoms with E-state index in [4.69, 9.17) is 11.6 Å². The number of nitrogens with one attached hydrogen (secondary N) is 1. The number of ketones is 1. The molecule has 1 N–H and O–H groups in total. The number of hydrogen-bond acceptors (Lipinski definition) is 2. The summed E-state index contributed by atoms with van der Waals surface area (Å²) in [5, 5.41) is -1.08. The average molecular weight is 305 g/mol. The van der Waals surface area contributed by atoms with Crippen LogP contribution in [0.5, 0.6) is 0 Å². The molecule has 0 amide bonds. The molecule has 0 aliphatic heterocycles.